The van der Waals surface area contributed by atoms with Crippen molar-refractivity contribution in [3.63, 3.8) is 0 Å². The lowest BCUT2D eigenvalue weighted by Crippen LogP contribution is -2.06. The standard InChI is InChI=1S/C17H20O4/c1-12(18)14-10-9-13-6-3-4-7-15(13)17(14)21-11-5-8-16(19)20-2/h3-4,6-7,9-10,12,18H,5,8,11H2,1-2H3/t12-/m1/s1. The number of esters is 1. The van der Waals surface area contributed by atoms with E-state index in [2.05, 4.69) is 4.74 Å². The molecule has 2 aromatic carbocycles. The largest absolute Gasteiger partial charge is 0.493 e. The Labute approximate surface area is 124 Å². The quantitative estimate of drug-likeness (QED) is 0.655. The minimum Gasteiger partial charge on any atom is -0.493 e. The number of ether oxygens (including phenoxy) is 2. The van der Waals surface area contributed by atoms with Crippen LogP contribution >= 0.6 is 0 Å². The maximum absolute atomic E-state index is 11.1. The van der Waals surface area contributed by atoms with Crippen molar-refractivity contribution in [3.05, 3.63) is 42.0 Å². The number of fused-ring (bicyclic) bond motifs is 1. The number of aliphatic hydroxyl groups excluding tert-OH is 1. The first kappa shape index (κ1) is 15.3. The monoisotopic (exact) mass is 288 g/mol. The molecule has 21 heavy (non-hydrogen) atoms. The summed E-state index contributed by atoms with van der Waals surface area (Å²) in [4.78, 5) is 11.1. The first-order valence-electron chi connectivity index (χ1n) is 7.03. The molecule has 0 unspecified atom stereocenters. The van der Waals surface area contributed by atoms with Gasteiger partial charge in [-0.15, -0.1) is 0 Å². The lowest BCUT2D eigenvalue weighted by Gasteiger charge is -2.16. The van der Waals surface area contributed by atoms with Crippen LogP contribution in [0.5, 0.6) is 5.75 Å². The van der Waals surface area contributed by atoms with E-state index in [1.807, 2.05) is 36.4 Å². The zero-order valence-corrected chi connectivity index (χ0v) is 12.3. The Balaban J connectivity index is 2.19. The number of methoxy groups -OCH3 is 1. The number of rotatable bonds is 6. The maximum atomic E-state index is 11.1. The number of benzene rings is 2. The predicted molar refractivity (Wildman–Crippen MR) is 81.3 cm³/mol. The molecule has 1 N–H and O–H groups in total. The number of hydrogen-bond acceptors (Lipinski definition) is 4. The van der Waals surface area contributed by atoms with Crippen molar-refractivity contribution in [3.8, 4) is 5.75 Å². The molecule has 0 bridgehead atoms. The van der Waals surface area contributed by atoms with Crippen LogP contribution in [0.15, 0.2) is 36.4 Å². The second-order valence-corrected chi connectivity index (χ2v) is 4.91. The lowest BCUT2D eigenvalue weighted by molar-refractivity contribution is -0.140. The number of hydrogen-bond donors (Lipinski definition) is 1. The molecule has 0 radical (unpaired) electrons. The summed E-state index contributed by atoms with van der Waals surface area (Å²) in [7, 11) is 1.37. The van der Waals surface area contributed by atoms with Crippen LogP contribution in [-0.2, 0) is 9.53 Å². The first-order valence-corrected chi connectivity index (χ1v) is 7.03. The van der Waals surface area contributed by atoms with Gasteiger partial charge in [0.1, 0.15) is 5.75 Å². The molecule has 1 atom stereocenters. The third-order valence-electron chi connectivity index (χ3n) is 3.36. The molecule has 112 valence electrons. The molecule has 0 aliphatic rings. The van der Waals surface area contributed by atoms with Crippen LogP contribution in [0.25, 0.3) is 10.8 Å². The average molecular weight is 288 g/mol. The number of carbonyl (C=O) groups excluding carboxylic acids is 1. The van der Waals surface area contributed by atoms with Crippen LogP contribution in [-0.4, -0.2) is 24.8 Å². The van der Waals surface area contributed by atoms with E-state index in [4.69, 9.17) is 4.74 Å². The molecule has 0 aromatic heterocycles. The number of carbonyl (C=O) groups is 1. The van der Waals surface area contributed by atoms with Gasteiger partial charge >= 0.3 is 5.97 Å². The average Bonchev–Trinajstić information content (AvgIpc) is 2.50. The molecular weight excluding hydrogens is 268 g/mol. The summed E-state index contributed by atoms with van der Waals surface area (Å²) in [6.07, 6.45) is 0.297. The second kappa shape index (κ2) is 7.09. The summed E-state index contributed by atoms with van der Waals surface area (Å²) in [5.74, 6) is 0.445. The third-order valence-corrected chi connectivity index (χ3v) is 3.36. The summed E-state index contributed by atoms with van der Waals surface area (Å²) in [5.41, 5.74) is 0.756. The van der Waals surface area contributed by atoms with Crippen molar-refractivity contribution < 1.29 is 19.4 Å². The van der Waals surface area contributed by atoms with Crippen molar-refractivity contribution in [1.29, 1.82) is 0 Å². The molecule has 0 saturated carbocycles. The van der Waals surface area contributed by atoms with Gasteiger partial charge < -0.3 is 14.6 Å². The van der Waals surface area contributed by atoms with Gasteiger partial charge in [-0.3, -0.25) is 4.79 Å². The molecule has 0 saturated heterocycles. The van der Waals surface area contributed by atoms with E-state index in [1.54, 1.807) is 6.92 Å². The molecule has 0 spiro atoms. The van der Waals surface area contributed by atoms with Gasteiger partial charge in [0.05, 0.1) is 19.8 Å². The fourth-order valence-corrected chi connectivity index (χ4v) is 2.24. The van der Waals surface area contributed by atoms with Crippen molar-refractivity contribution in [2.24, 2.45) is 0 Å². The highest BCUT2D eigenvalue weighted by atomic mass is 16.5. The molecule has 0 aliphatic carbocycles. The Hall–Kier alpha value is -2.07. The molecule has 2 rings (SSSR count). The Morgan fingerprint density at radius 3 is 2.71 bits per heavy atom. The zero-order chi connectivity index (χ0) is 15.2. The Morgan fingerprint density at radius 1 is 1.24 bits per heavy atom. The van der Waals surface area contributed by atoms with E-state index < -0.39 is 6.10 Å². The van der Waals surface area contributed by atoms with Gasteiger partial charge in [0.25, 0.3) is 0 Å². The van der Waals surface area contributed by atoms with E-state index in [9.17, 15) is 9.90 Å². The highest BCUT2D eigenvalue weighted by Gasteiger charge is 2.13. The van der Waals surface area contributed by atoms with Gasteiger partial charge in [-0.1, -0.05) is 36.4 Å². The summed E-state index contributed by atoms with van der Waals surface area (Å²) >= 11 is 0. The Kier molecular flexibility index (Phi) is 5.17. The highest BCUT2D eigenvalue weighted by molar-refractivity contribution is 5.89. The van der Waals surface area contributed by atoms with Crippen LogP contribution in [0.3, 0.4) is 0 Å². The normalized spacial score (nSPS) is 12.1. The van der Waals surface area contributed by atoms with E-state index >= 15 is 0 Å². The minimum atomic E-state index is -0.606. The number of aliphatic hydroxyl groups is 1. The van der Waals surface area contributed by atoms with Crippen molar-refractivity contribution in [1.82, 2.24) is 0 Å². The van der Waals surface area contributed by atoms with E-state index in [0.29, 0.717) is 25.2 Å². The maximum Gasteiger partial charge on any atom is 0.305 e. The zero-order valence-electron chi connectivity index (χ0n) is 12.3. The second-order valence-electron chi connectivity index (χ2n) is 4.91. The molecule has 0 amide bonds. The van der Waals surface area contributed by atoms with Crippen LogP contribution in [0.1, 0.15) is 31.4 Å². The Morgan fingerprint density at radius 2 is 2.00 bits per heavy atom. The third kappa shape index (κ3) is 3.73. The van der Waals surface area contributed by atoms with Crippen LogP contribution in [0.4, 0.5) is 0 Å². The van der Waals surface area contributed by atoms with Gasteiger partial charge in [-0.25, -0.2) is 0 Å². The molecule has 0 heterocycles. The van der Waals surface area contributed by atoms with Gasteiger partial charge in [0.15, 0.2) is 0 Å². The topological polar surface area (TPSA) is 55.8 Å². The minimum absolute atomic E-state index is 0.243. The fourth-order valence-electron chi connectivity index (χ4n) is 2.24. The van der Waals surface area contributed by atoms with Gasteiger partial charge in [-0.05, 0) is 18.7 Å². The van der Waals surface area contributed by atoms with Crippen molar-refractivity contribution >= 4 is 16.7 Å². The fraction of sp³-hybridized carbons (Fsp3) is 0.353. The summed E-state index contributed by atoms with van der Waals surface area (Å²) in [6, 6.07) is 11.7. The molecule has 4 nitrogen and oxygen atoms in total. The van der Waals surface area contributed by atoms with E-state index in [-0.39, 0.29) is 5.97 Å². The van der Waals surface area contributed by atoms with Gasteiger partial charge in [-0.2, -0.15) is 0 Å². The highest BCUT2D eigenvalue weighted by Crippen LogP contribution is 2.33. The van der Waals surface area contributed by atoms with Gasteiger partial charge in [0.2, 0.25) is 0 Å². The summed E-state index contributed by atoms with van der Waals surface area (Å²) in [6.45, 7) is 2.12. The van der Waals surface area contributed by atoms with Crippen LogP contribution < -0.4 is 4.74 Å². The van der Waals surface area contributed by atoms with E-state index in [1.165, 1.54) is 7.11 Å². The predicted octanol–water partition coefficient (Wildman–Crippen LogP) is 3.23. The SMILES string of the molecule is COC(=O)CCCOc1c([C@@H](C)O)ccc2ccccc12. The Bertz CT molecular complexity index is 619. The smallest absolute Gasteiger partial charge is 0.305 e. The first-order chi connectivity index (χ1) is 10.1. The van der Waals surface area contributed by atoms with Crippen molar-refractivity contribution in [2.45, 2.75) is 25.9 Å². The van der Waals surface area contributed by atoms with Crippen molar-refractivity contribution in [2.75, 3.05) is 13.7 Å². The van der Waals surface area contributed by atoms with Crippen LogP contribution in [0, 0.1) is 0 Å². The summed E-state index contributed by atoms with van der Waals surface area (Å²) in [5, 5.41) is 11.9. The molecular formula is C17H20O4. The molecule has 0 aliphatic heterocycles. The van der Waals surface area contributed by atoms with E-state index in [0.717, 1.165) is 16.3 Å². The summed E-state index contributed by atoms with van der Waals surface area (Å²) < 4.78 is 10.4. The molecule has 4 heteroatoms. The molecule has 2 aromatic rings. The lowest BCUT2D eigenvalue weighted by atomic mass is 10.0. The molecule has 0 fully saturated rings. The van der Waals surface area contributed by atoms with Crippen LogP contribution in [0.2, 0.25) is 0 Å². The van der Waals surface area contributed by atoms with Gasteiger partial charge in [0, 0.05) is 17.4 Å².